The van der Waals surface area contributed by atoms with Crippen LogP contribution in [0.15, 0.2) is 243 Å². The first kappa shape index (κ1) is 42.8. The van der Waals surface area contributed by atoms with Crippen molar-refractivity contribution in [2.45, 2.75) is 6.92 Å². The molecule has 75 heavy (non-hydrogen) atoms. The molecule has 7 nitrogen and oxygen atoms in total. The normalized spacial score (nSPS) is 12.6. The fraction of sp³-hybridized carbons (Fsp3) is 0.0441. The van der Waals surface area contributed by atoms with Crippen molar-refractivity contribution < 1.29 is 4.74 Å². The minimum Gasteiger partial charge on any atom is -0.457 e. The number of nitrogens with zero attached hydrogens (tertiary/aromatic N) is 6. The number of hydrogen-bond donors (Lipinski definition) is 0. The Morgan fingerprint density at radius 2 is 0.907 bits per heavy atom. The second-order valence-corrected chi connectivity index (χ2v) is 19.7. The number of anilines is 3. The van der Waals surface area contributed by atoms with E-state index in [1.807, 2.05) is 6.07 Å². The second kappa shape index (κ2) is 16.9. The summed E-state index contributed by atoms with van der Waals surface area (Å²) in [6.07, 6.45) is 2.10. The number of aryl methyl sites for hydroxylation is 1. The first-order valence-corrected chi connectivity index (χ1v) is 25.6. The summed E-state index contributed by atoms with van der Waals surface area (Å²) >= 11 is 0. The number of hydrogen-bond acceptors (Lipinski definition) is 4. The van der Waals surface area contributed by atoms with Gasteiger partial charge in [0.2, 0.25) is 0 Å². The maximum atomic E-state index is 6.82. The number of aromatic nitrogens is 4. The Bertz CT molecular complexity index is 4360. The Labute approximate surface area is 433 Å². The van der Waals surface area contributed by atoms with Crippen LogP contribution in [-0.4, -0.2) is 32.4 Å². The standard InChI is InChI=1S/C68H48N6O/c1-44-38-67(69-42-56(44)68-63(72-57-27-11-6-22-50(57)51-23-7-12-28-58(51)72)32-17-33-64(68)73-59-29-13-8-24-52(59)53-25-9-14-30-60(53)73)74-61-31-15-10-26-54(61)55-36-35-49(41-65(55)74)75-48-21-16-20-47(40-48)71-43-70(2)62-37-34-46(39-66(62)71)45-18-4-3-5-19-45/h3-42H,43H2,1-2H3. The molecule has 4 aromatic heterocycles. The quantitative estimate of drug-likeness (QED) is 0.152. The average Bonchev–Trinajstić information content (AvgIpc) is 4.25. The Balaban J connectivity index is 0.867. The van der Waals surface area contributed by atoms with Crippen molar-refractivity contribution in [3.05, 3.63) is 248 Å². The monoisotopic (exact) mass is 964 g/mol. The molecule has 0 aliphatic carbocycles. The molecule has 14 aromatic rings. The lowest BCUT2D eigenvalue weighted by molar-refractivity contribution is 0.483. The molecular formula is C68H48N6O. The van der Waals surface area contributed by atoms with Gasteiger partial charge in [0, 0.05) is 74.5 Å². The number of para-hydroxylation sites is 5. The molecule has 0 saturated carbocycles. The van der Waals surface area contributed by atoms with E-state index < -0.39 is 0 Å². The van der Waals surface area contributed by atoms with Gasteiger partial charge in [-0.2, -0.15) is 0 Å². The van der Waals surface area contributed by atoms with Gasteiger partial charge in [0.25, 0.3) is 0 Å². The van der Waals surface area contributed by atoms with Gasteiger partial charge in [-0.25, -0.2) is 4.98 Å². The predicted octanol–water partition coefficient (Wildman–Crippen LogP) is 17.4. The van der Waals surface area contributed by atoms with Crippen LogP contribution in [0.25, 0.3) is 105 Å². The Morgan fingerprint density at radius 3 is 1.49 bits per heavy atom. The van der Waals surface area contributed by atoms with Crippen molar-refractivity contribution in [3.63, 3.8) is 0 Å². The van der Waals surface area contributed by atoms with Crippen LogP contribution in [0.5, 0.6) is 11.5 Å². The fourth-order valence-corrected chi connectivity index (χ4v) is 12.0. The number of fused-ring (bicyclic) bond motifs is 10. The molecule has 5 heterocycles. The lowest BCUT2D eigenvalue weighted by atomic mass is 9.98. The molecule has 15 rings (SSSR count). The van der Waals surface area contributed by atoms with Crippen LogP contribution in [0, 0.1) is 6.92 Å². The van der Waals surface area contributed by atoms with Gasteiger partial charge in [0.05, 0.1) is 62.5 Å². The van der Waals surface area contributed by atoms with E-state index in [0.717, 1.165) is 102 Å². The number of ether oxygens (including phenoxy) is 1. The number of rotatable bonds is 8. The van der Waals surface area contributed by atoms with Crippen molar-refractivity contribution in [1.29, 1.82) is 0 Å². The van der Waals surface area contributed by atoms with Crippen molar-refractivity contribution >= 4 is 82.5 Å². The fourth-order valence-electron chi connectivity index (χ4n) is 12.0. The number of pyridine rings is 1. The Hall–Kier alpha value is -9.85. The molecule has 10 aromatic carbocycles. The summed E-state index contributed by atoms with van der Waals surface area (Å²) in [4.78, 5) is 10.1. The maximum Gasteiger partial charge on any atom is 0.137 e. The predicted molar refractivity (Wildman–Crippen MR) is 311 cm³/mol. The molecule has 1 aliphatic rings. The van der Waals surface area contributed by atoms with Crippen LogP contribution in [0.1, 0.15) is 5.56 Å². The maximum absolute atomic E-state index is 6.82. The minimum atomic E-state index is 0.738. The third kappa shape index (κ3) is 6.71. The molecule has 1 aliphatic heterocycles. The van der Waals surface area contributed by atoms with Gasteiger partial charge in [-0.3, -0.25) is 4.57 Å². The zero-order valence-corrected chi connectivity index (χ0v) is 41.4. The lowest BCUT2D eigenvalue weighted by Gasteiger charge is -2.21. The van der Waals surface area contributed by atoms with E-state index in [-0.39, 0.29) is 0 Å². The van der Waals surface area contributed by atoms with E-state index in [2.05, 4.69) is 274 Å². The van der Waals surface area contributed by atoms with Gasteiger partial charge in [-0.1, -0.05) is 140 Å². The van der Waals surface area contributed by atoms with Gasteiger partial charge in [-0.05, 0) is 109 Å². The first-order chi connectivity index (χ1) is 37.0. The van der Waals surface area contributed by atoms with Crippen molar-refractivity contribution in [2.24, 2.45) is 0 Å². The van der Waals surface area contributed by atoms with Crippen LogP contribution in [0.3, 0.4) is 0 Å². The summed E-state index contributed by atoms with van der Waals surface area (Å²) < 4.78 is 14.0. The highest BCUT2D eigenvalue weighted by molar-refractivity contribution is 6.13. The summed E-state index contributed by atoms with van der Waals surface area (Å²) in [6.45, 7) is 2.97. The first-order valence-electron chi connectivity index (χ1n) is 25.6. The van der Waals surface area contributed by atoms with Gasteiger partial charge in [0.15, 0.2) is 0 Å². The third-order valence-corrected chi connectivity index (χ3v) is 15.4. The van der Waals surface area contributed by atoms with Crippen molar-refractivity contribution in [1.82, 2.24) is 18.7 Å². The SMILES string of the molecule is Cc1cc(-n2c3ccccc3c3ccc(Oc4cccc(N5CN(C)c6ccc(-c7ccccc7)cc65)c4)cc32)ncc1-c1c(-n2c3ccccc3c3ccccc32)cccc1-n1c2ccccc2c2ccccc21. The van der Waals surface area contributed by atoms with Gasteiger partial charge >= 0.3 is 0 Å². The average molecular weight is 965 g/mol. The van der Waals surface area contributed by atoms with Crippen LogP contribution in [0.4, 0.5) is 17.1 Å². The molecule has 0 spiro atoms. The Kier molecular flexibility index (Phi) is 9.63. The number of benzene rings is 10. The highest BCUT2D eigenvalue weighted by Crippen LogP contribution is 2.46. The molecule has 0 N–H and O–H groups in total. The molecule has 0 saturated heterocycles. The highest BCUT2D eigenvalue weighted by atomic mass is 16.5. The summed E-state index contributed by atoms with van der Waals surface area (Å²) in [6, 6.07) is 84.8. The van der Waals surface area contributed by atoms with Crippen LogP contribution in [0.2, 0.25) is 0 Å². The third-order valence-electron chi connectivity index (χ3n) is 15.4. The summed E-state index contributed by atoms with van der Waals surface area (Å²) in [5.74, 6) is 2.35. The van der Waals surface area contributed by atoms with E-state index in [1.54, 1.807) is 0 Å². The van der Waals surface area contributed by atoms with E-state index in [4.69, 9.17) is 9.72 Å². The lowest BCUT2D eigenvalue weighted by Crippen LogP contribution is -2.23. The summed E-state index contributed by atoms with van der Waals surface area (Å²) in [5.41, 5.74) is 18.0. The smallest absolute Gasteiger partial charge is 0.137 e. The van der Waals surface area contributed by atoms with Gasteiger partial charge in [-0.15, -0.1) is 0 Å². The molecule has 356 valence electrons. The summed E-state index contributed by atoms with van der Waals surface area (Å²) in [5, 5.41) is 7.16. The molecule has 0 unspecified atom stereocenters. The van der Waals surface area contributed by atoms with Crippen molar-refractivity contribution in [3.8, 4) is 50.9 Å². The van der Waals surface area contributed by atoms with Crippen LogP contribution in [-0.2, 0) is 0 Å². The van der Waals surface area contributed by atoms with Gasteiger partial charge < -0.3 is 23.7 Å². The molecule has 7 heteroatoms. The largest absolute Gasteiger partial charge is 0.457 e. The van der Waals surface area contributed by atoms with Crippen LogP contribution >= 0.6 is 0 Å². The van der Waals surface area contributed by atoms with Crippen molar-refractivity contribution in [2.75, 3.05) is 23.5 Å². The van der Waals surface area contributed by atoms with Crippen LogP contribution < -0.4 is 14.5 Å². The van der Waals surface area contributed by atoms with E-state index in [9.17, 15) is 0 Å². The van der Waals surface area contributed by atoms with E-state index >= 15 is 0 Å². The topological polar surface area (TPSA) is 43.4 Å². The van der Waals surface area contributed by atoms with E-state index in [0.29, 0.717) is 0 Å². The zero-order valence-electron chi connectivity index (χ0n) is 41.4. The highest BCUT2D eigenvalue weighted by Gasteiger charge is 2.27. The second-order valence-electron chi connectivity index (χ2n) is 19.7. The van der Waals surface area contributed by atoms with E-state index in [1.165, 1.54) is 44.0 Å². The molecule has 0 amide bonds. The summed E-state index contributed by atoms with van der Waals surface area (Å²) in [7, 11) is 2.15. The molecule has 0 bridgehead atoms. The van der Waals surface area contributed by atoms with Gasteiger partial charge in [0.1, 0.15) is 17.3 Å². The molecule has 0 radical (unpaired) electrons. The molecular weight excluding hydrogens is 917 g/mol. The minimum absolute atomic E-state index is 0.738. The molecule has 0 fully saturated rings. The Morgan fingerprint density at radius 1 is 0.387 bits per heavy atom. The zero-order chi connectivity index (χ0) is 49.7. The molecule has 0 atom stereocenters.